The Morgan fingerprint density at radius 3 is 2.62 bits per heavy atom. The molecule has 0 fully saturated rings. The predicted molar refractivity (Wildman–Crippen MR) is 115 cm³/mol. The number of hydrogen-bond acceptors (Lipinski definition) is 3. The minimum Gasteiger partial charge on any atom is -0.480 e. The van der Waals surface area contributed by atoms with E-state index >= 15 is 0 Å². The smallest absolute Gasteiger partial charge is 0.321 e. The monoisotopic (exact) mass is 409 g/mol. The van der Waals surface area contributed by atoms with E-state index in [0.717, 1.165) is 22.6 Å². The molecule has 150 valence electrons. The zero-order chi connectivity index (χ0) is 20.6. The number of imidazole rings is 1. The van der Waals surface area contributed by atoms with Crippen molar-refractivity contribution in [3.8, 4) is 0 Å². The lowest BCUT2D eigenvalue weighted by molar-refractivity contribution is -0.139. The van der Waals surface area contributed by atoms with Gasteiger partial charge in [0.2, 0.25) is 0 Å². The number of aliphatic carboxylic acids is 1. The van der Waals surface area contributed by atoms with Gasteiger partial charge in [-0.05, 0) is 23.6 Å². The molecule has 0 saturated heterocycles. The lowest BCUT2D eigenvalue weighted by Crippen LogP contribution is -2.38. The molecule has 5 nitrogen and oxygen atoms in total. The second-order valence-corrected chi connectivity index (χ2v) is 7.20. The average Bonchev–Trinajstić information content (AvgIpc) is 3.09. The second-order valence-electron chi connectivity index (χ2n) is 6.80. The summed E-state index contributed by atoms with van der Waals surface area (Å²) in [5.41, 5.74) is 2.86. The van der Waals surface area contributed by atoms with Crippen molar-refractivity contribution >= 4 is 17.6 Å². The molecule has 0 amide bonds. The molecule has 3 rings (SSSR count). The first-order valence-corrected chi connectivity index (χ1v) is 9.84. The zero-order valence-electron chi connectivity index (χ0n) is 16.1. The highest BCUT2D eigenvalue weighted by atomic mass is 35.5. The number of carbonyl (C=O) groups is 1. The van der Waals surface area contributed by atoms with Crippen LogP contribution in [0.15, 0.2) is 73.4 Å². The summed E-state index contributed by atoms with van der Waals surface area (Å²) in [6, 6.07) is 16.6. The fourth-order valence-electron chi connectivity index (χ4n) is 3.20. The molecule has 1 aromatic heterocycles. The fraction of sp³-hybridized carbons (Fsp3) is 0.217. The number of benzene rings is 2. The summed E-state index contributed by atoms with van der Waals surface area (Å²) in [4.78, 5) is 16.2. The molecule has 6 heteroatoms. The zero-order valence-corrected chi connectivity index (χ0v) is 16.8. The maximum absolute atomic E-state index is 11.7. The molecule has 0 aliphatic heterocycles. The molecule has 0 radical (unpaired) electrons. The van der Waals surface area contributed by atoms with Gasteiger partial charge in [0.25, 0.3) is 0 Å². The van der Waals surface area contributed by atoms with Crippen LogP contribution in [-0.4, -0.2) is 26.7 Å². The van der Waals surface area contributed by atoms with Crippen LogP contribution in [0.5, 0.6) is 0 Å². The first-order valence-electron chi connectivity index (χ1n) is 9.46. The number of carboxylic acids is 1. The molecule has 3 aromatic rings. The van der Waals surface area contributed by atoms with Crippen LogP contribution in [0, 0.1) is 0 Å². The van der Waals surface area contributed by atoms with Gasteiger partial charge in [-0.25, -0.2) is 4.98 Å². The molecular weight excluding hydrogens is 386 g/mol. The van der Waals surface area contributed by atoms with E-state index in [1.807, 2.05) is 54.6 Å². The van der Waals surface area contributed by atoms with Crippen LogP contribution in [0.4, 0.5) is 0 Å². The molecule has 0 spiro atoms. The van der Waals surface area contributed by atoms with Crippen molar-refractivity contribution in [2.24, 2.45) is 0 Å². The van der Waals surface area contributed by atoms with Crippen LogP contribution in [0.1, 0.15) is 22.6 Å². The van der Waals surface area contributed by atoms with Crippen molar-refractivity contribution in [1.29, 1.82) is 0 Å². The fourth-order valence-corrected chi connectivity index (χ4v) is 3.40. The molecule has 0 bridgehead atoms. The number of nitrogens with one attached hydrogen (secondary N) is 1. The van der Waals surface area contributed by atoms with Gasteiger partial charge < -0.3 is 9.67 Å². The van der Waals surface area contributed by atoms with Gasteiger partial charge in [-0.1, -0.05) is 66.2 Å². The summed E-state index contributed by atoms with van der Waals surface area (Å²) in [6.45, 7) is 4.76. The van der Waals surface area contributed by atoms with E-state index in [1.54, 1.807) is 12.3 Å². The van der Waals surface area contributed by atoms with Gasteiger partial charge in [-0.3, -0.25) is 10.1 Å². The van der Waals surface area contributed by atoms with Crippen molar-refractivity contribution < 1.29 is 9.90 Å². The third-order valence-electron chi connectivity index (χ3n) is 4.74. The SMILES string of the molecule is C=CCc1ncc(CNC(Cc2ccccc2)C(=O)O)n1Cc1ccccc1Cl. The maximum atomic E-state index is 11.7. The highest BCUT2D eigenvalue weighted by molar-refractivity contribution is 6.31. The Labute approximate surface area is 175 Å². The molecular formula is C23H24ClN3O2. The molecule has 1 atom stereocenters. The van der Waals surface area contributed by atoms with E-state index in [4.69, 9.17) is 11.6 Å². The van der Waals surface area contributed by atoms with E-state index in [9.17, 15) is 9.90 Å². The lowest BCUT2D eigenvalue weighted by atomic mass is 10.1. The van der Waals surface area contributed by atoms with Gasteiger partial charge in [-0.2, -0.15) is 0 Å². The van der Waals surface area contributed by atoms with Gasteiger partial charge in [0.15, 0.2) is 0 Å². The average molecular weight is 410 g/mol. The quantitative estimate of drug-likeness (QED) is 0.495. The topological polar surface area (TPSA) is 67.2 Å². The van der Waals surface area contributed by atoms with Gasteiger partial charge in [0.05, 0.1) is 12.2 Å². The molecule has 1 unspecified atom stereocenters. The number of carboxylic acid groups (broad SMARTS) is 1. The number of allylic oxidation sites excluding steroid dienone is 1. The molecule has 0 aliphatic rings. The normalized spacial score (nSPS) is 11.9. The summed E-state index contributed by atoms with van der Waals surface area (Å²) >= 11 is 6.34. The van der Waals surface area contributed by atoms with Crippen molar-refractivity contribution in [3.63, 3.8) is 0 Å². The summed E-state index contributed by atoms with van der Waals surface area (Å²) in [5.74, 6) is -0.0102. The van der Waals surface area contributed by atoms with Crippen LogP contribution >= 0.6 is 11.6 Å². The molecule has 0 saturated carbocycles. The Hall–Kier alpha value is -2.89. The van der Waals surface area contributed by atoms with Crippen LogP contribution in [0.2, 0.25) is 5.02 Å². The Balaban J connectivity index is 1.78. The summed E-state index contributed by atoms with van der Waals surface area (Å²) in [5, 5.41) is 13.5. The predicted octanol–water partition coefficient (Wildman–Crippen LogP) is 4.10. The van der Waals surface area contributed by atoms with Crippen LogP contribution < -0.4 is 5.32 Å². The molecule has 2 N–H and O–H groups in total. The van der Waals surface area contributed by atoms with Gasteiger partial charge in [0, 0.05) is 24.2 Å². The third-order valence-corrected chi connectivity index (χ3v) is 5.11. The van der Waals surface area contributed by atoms with E-state index in [-0.39, 0.29) is 0 Å². The van der Waals surface area contributed by atoms with Crippen LogP contribution in [0.3, 0.4) is 0 Å². The van der Waals surface area contributed by atoms with Crippen LogP contribution in [0.25, 0.3) is 0 Å². The minimum absolute atomic E-state index is 0.387. The first kappa shape index (κ1) is 20.8. The Kier molecular flexibility index (Phi) is 7.22. The molecule has 29 heavy (non-hydrogen) atoms. The van der Waals surface area contributed by atoms with Gasteiger partial charge >= 0.3 is 5.97 Å². The highest BCUT2D eigenvalue weighted by Crippen LogP contribution is 2.19. The standard InChI is InChI=1S/C23H24ClN3O2/c1-2-8-22-26-15-19(27(22)16-18-11-6-7-12-20(18)24)14-25-21(23(28)29)13-17-9-4-3-5-10-17/h2-7,9-12,15,21,25H,1,8,13-14,16H2,(H,28,29). The minimum atomic E-state index is -0.877. The van der Waals surface area contributed by atoms with E-state index < -0.39 is 12.0 Å². The van der Waals surface area contributed by atoms with E-state index in [2.05, 4.69) is 21.4 Å². The summed E-state index contributed by atoms with van der Waals surface area (Å²) in [6.07, 6.45) is 4.62. The third kappa shape index (κ3) is 5.56. The number of hydrogen-bond donors (Lipinski definition) is 2. The van der Waals surface area contributed by atoms with E-state index in [0.29, 0.717) is 31.0 Å². The summed E-state index contributed by atoms with van der Waals surface area (Å²) < 4.78 is 2.07. The molecule has 0 aliphatic carbocycles. The van der Waals surface area contributed by atoms with Gasteiger partial charge in [-0.15, -0.1) is 6.58 Å². The highest BCUT2D eigenvalue weighted by Gasteiger charge is 2.19. The number of halogens is 1. The van der Waals surface area contributed by atoms with E-state index in [1.165, 1.54) is 0 Å². The van der Waals surface area contributed by atoms with Crippen LogP contribution in [-0.2, 0) is 30.7 Å². The van der Waals surface area contributed by atoms with Crippen molar-refractivity contribution in [3.05, 3.63) is 101 Å². The number of rotatable bonds is 10. The molecule has 2 aromatic carbocycles. The second kappa shape index (κ2) is 10.0. The van der Waals surface area contributed by atoms with Crippen molar-refractivity contribution in [2.45, 2.75) is 32.0 Å². The van der Waals surface area contributed by atoms with Crippen molar-refractivity contribution in [1.82, 2.24) is 14.9 Å². The Bertz CT molecular complexity index is 969. The molecule has 1 heterocycles. The Morgan fingerprint density at radius 1 is 1.21 bits per heavy atom. The van der Waals surface area contributed by atoms with Gasteiger partial charge in [0.1, 0.15) is 11.9 Å². The maximum Gasteiger partial charge on any atom is 0.321 e. The largest absolute Gasteiger partial charge is 0.480 e. The number of aromatic nitrogens is 2. The first-order chi connectivity index (χ1) is 14.1. The summed E-state index contributed by atoms with van der Waals surface area (Å²) in [7, 11) is 0. The van der Waals surface area contributed by atoms with Crippen molar-refractivity contribution in [2.75, 3.05) is 0 Å². The number of nitrogens with zero attached hydrogens (tertiary/aromatic N) is 2. The Morgan fingerprint density at radius 2 is 1.93 bits per heavy atom. The lowest BCUT2D eigenvalue weighted by Gasteiger charge is -2.17.